The second-order valence-electron chi connectivity index (χ2n) is 3.44. The fraction of sp³-hybridized carbons (Fsp3) is 0.333. The van der Waals surface area contributed by atoms with Gasteiger partial charge in [0.2, 0.25) is 11.5 Å². The third kappa shape index (κ3) is 2.91. The van der Waals surface area contributed by atoms with Crippen molar-refractivity contribution >= 4 is 11.8 Å². The van der Waals surface area contributed by atoms with Crippen LogP contribution >= 0.6 is 0 Å². The molecule has 98 valence electrons. The SMILES string of the molecule is COc1cc(CC(=O)C(=O)O)cc(OC)c1OC. The van der Waals surface area contributed by atoms with E-state index >= 15 is 0 Å². The second kappa shape index (κ2) is 5.90. The van der Waals surface area contributed by atoms with Gasteiger partial charge in [0.25, 0.3) is 0 Å². The summed E-state index contributed by atoms with van der Waals surface area (Å²) in [6, 6.07) is 3.09. The number of ketones is 1. The lowest BCUT2D eigenvalue weighted by Crippen LogP contribution is -2.15. The Morgan fingerprint density at radius 3 is 1.89 bits per heavy atom. The molecule has 0 aliphatic heterocycles. The number of carboxylic acids is 1. The zero-order valence-corrected chi connectivity index (χ0v) is 10.4. The number of ether oxygens (including phenoxy) is 3. The van der Waals surface area contributed by atoms with E-state index in [2.05, 4.69) is 0 Å². The van der Waals surface area contributed by atoms with E-state index in [4.69, 9.17) is 19.3 Å². The molecule has 1 aromatic carbocycles. The van der Waals surface area contributed by atoms with Crippen molar-refractivity contribution < 1.29 is 28.9 Å². The number of methoxy groups -OCH3 is 3. The molecule has 0 radical (unpaired) electrons. The molecule has 0 atom stereocenters. The van der Waals surface area contributed by atoms with Crippen LogP contribution in [-0.2, 0) is 16.0 Å². The average Bonchev–Trinajstić information content (AvgIpc) is 2.37. The highest BCUT2D eigenvalue weighted by molar-refractivity contribution is 6.33. The van der Waals surface area contributed by atoms with Crippen LogP contribution in [0.3, 0.4) is 0 Å². The molecule has 0 saturated heterocycles. The second-order valence-corrected chi connectivity index (χ2v) is 3.44. The lowest BCUT2D eigenvalue weighted by Gasteiger charge is -2.13. The Morgan fingerprint density at radius 1 is 1.06 bits per heavy atom. The summed E-state index contributed by atoms with van der Waals surface area (Å²) in [6.45, 7) is 0. The molecule has 6 nitrogen and oxygen atoms in total. The van der Waals surface area contributed by atoms with Gasteiger partial charge < -0.3 is 19.3 Å². The van der Waals surface area contributed by atoms with Crippen LogP contribution in [0.15, 0.2) is 12.1 Å². The van der Waals surface area contributed by atoms with Gasteiger partial charge in [-0.05, 0) is 17.7 Å². The van der Waals surface area contributed by atoms with Gasteiger partial charge >= 0.3 is 5.97 Å². The number of carbonyl (C=O) groups is 2. The highest BCUT2D eigenvalue weighted by Gasteiger charge is 2.17. The summed E-state index contributed by atoms with van der Waals surface area (Å²) in [7, 11) is 4.35. The minimum atomic E-state index is -1.47. The Bertz CT molecular complexity index is 441. The van der Waals surface area contributed by atoms with Crippen molar-refractivity contribution in [2.24, 2.45) is 0 Å². The Morgan fingerprint density at radius 2 is 1.56 bits per heavy atom. The van der Waals surface area contributed by atoms with Gasteiger partial charge in [-0.2, -0.15) is 0 Å². The summed E-state index contributed by atoms with van der Waals surface area (Å²) in [4.78, 5) is 21.7. The zero-order chi connectivity index (χ0) is 13.7. The molecule has 0 saturated carbocycles. The highest BCUT2D eigenvalue weighted by atomic mass is 16.5. The summed E-state index contributed by atoms with van der Waals surface area (Å²) in [5, 5.41) is 8.56. The van der Waals surface area contributed by atoms with Gasteiger partial charge in [-0.25, -0.2) is 4.79 Å². The van der Waals surface area contributed by atoms with Gasteiger partial charge in [0, 0.05) is 6.42 Å². The van der Waals surface area contributed by atoms with E-state index in [0.29, 0.717) is 22.8 Å². The van der Waals surface area contributed by atoms with Crippen LogP contribution in [0, 0.1) is 0 Å². The molecule has 0 spiro atoms. The van der Waals surface area contributed by atoms with Gasteiger partial charge in [-0.15, -0.1) is 0 Å². The number of hydrogen-bond donors (Lipinski definition) is 1. The van der Waals surface area contributed by atoms with E-state index in [1.807, 2.05) is 0 Å². The van der Waals surface area contributed by atoms with Crippen molar-refractivity contribution in [3.8, 4) is 17.2 Å². The number of aliphatic carboxylic acids is 1. The van der Waals surface area contributed by atoms with E-state index < -0.39 is 11.8 Å². The fourth-order valence-corrected chi connectivity index (χ4v) is 1.50. The lowest BCUT2D eigenvalue weighted by atomic mass is 10.1. The molecular weight excluding hydrogens is 240 g/mol. The molecule has 0 amide bonds. The van der Waals surface area contributed by atoms with Crippen molar-refractivity contribution in [3.05, 3.63) is 17.7 Å². The maximum Gasteiger partial charge on any atom is 0.372 e. The molecule has 1 N–H and O–H groups in total. The van der Waals surface area contributed by atoms with E-state index in [-0.39, 0.29) is 6.42 Å². The molecule has 0 bridgehead atoms. The summed E-state index contributed by atoms with van der Waals surface area (Å²) < 4.78 is 15.3. The van der Waals surface area contributed by atoms with Crippen LogP contribution < -0.4 is 14.2 Å². The number of rotatable bonds is 6. The van der Waals surface area contributed by atoms with Gasteiger partial charge in [0.1, 0.15) is 0 Å². The quantitative estimate of drug-likeness (QED) is 0.760. The predicted molar refractivity (Wildman–Crippen MR) is 62.4 cm³/mol. The van der Waals surface area contributed by atoms with Gasteiger partial charge in [-0.1, -0.05) is 0 Å². The third-order valence-corrected chi connectivity index (χ3v) is 2.33. The van der Waals surface area contributed by atoms with Gasteiger partial charge in [0.05, 0.1) is 21.3 Å². The predicted octanol–water partition coefficient (Wildman–Crippen LogP) is 0.909. The van der Waals surface area contributed by atoms with Crippen molar-refractivity contribution in [3.63, 3.8) is 0 Å². The summed E-state index contributed by atoms with van der Waals surface area (Å²) in [5.74, 6) is -1.21. The maximum atomic E-state index is 11.2. The normalized spacial score (nSPS) is 9.72. The number of carbonyl (C=O) groups excluding carboxylic acids is 1. The first kappa shape index (κ1) is 13.8. The van der Waals surface area contributed by atoms with Crippen molar-refractivity contribution in [1.29, 1.82) is 0 Å². The Balaban J connectivity index is 3.15. The topological polar surface area (TPSA) is 82.1 Å². The summed E-state index contributed by atoms with van der Waals surface area (Å²) >= 11 is 0. The number of hydrogen-bond acceptors (Lipinski definition) is 5. The van der Waals surface area contributed by atoms with Crippen LogP contribution in [0.25, 0.3) is 0 Å². The molecular formula is C12H14O6. The number of Topliss-reactive ketones (excluding diaryl/α,β-unsaturated/α-hetero) is 1. The highest BCUT2D eigenvalue weighted by Crippen LogP contribution is 2.38. The van der Waals surface area contributed by atoms with Crippen LogP contribution in [0.2, 0.25) is 0 Å². The van der Waals surface area contributed by atoms with E-state index in [0.717, 1.165) is 0 Å². The Labute approximate surface area is 104 Å². The summed E-state index contributed by atoms with van der Waals surface area (Å²) in [5.41, 5.74) is 0.483. The molecule has 0 unspecified atom stereocenters. The minimum Gasteiger partial charge on any atom is -0.493 e. The Hall–Kier alpha value is -2.24. The van der Waals surface area contributed by atoms with Crippen molar-refractivity contribution in [1.82, 2.24) is 0 Å². The number of carboxylic acid groups (broad SMARTS) is 1. The fourth-order valence-electron chi connectivity index (χ4n) is 1.50. The lowest BCUT2D eigenvalue weighted by molar-refractivity contribution is -0.148. The Kier molecular flexibility index (Phi) is 4.53. The maximum absolute atomic E-state index is 11.2. The van der Waals surface area contributed by atoms with E-state index in [1.54, 1.807) is 12.1 Å². The van der Waals surface area contributed by atoms with Crippen LogP contribution in [-0.4, -0.2) is 38.2 Å². The molecule has 0 heterocycles. The van der Waals surface area contributed by atoms with Crippen LogP contribution in [0.4, 0.5) is 0 Å². The molecule has 0 aromatic heterocycles. The number of benzene rings is 1. The third-order valence-electron chi connectivity index (χ3n) is 2.33. The van der Waals surface area contributed by atoms with Gasteiger partial charge in [-0.3, -0.25) is 4.79 Å². The zero-order valence-electron chi connectivity index (χ0n) is 10.4. The smallest absolute Gasteiger partial charge is 0.372 e. The van der Waals surface area contributed by atoms with Crippen molar-refractivity contribution in [2.75, 3.05) is 21.3 Å². The average molecular weight is 254 g/mol. The molecule has 1 rings (SSSR count). The van der Waals surface area contributed by atoms with E-state index in [1.165, 1.54) is 21.3 Å². The molecule has 0 fully saturated rings. The molecule has 1 aromatic rings. The summed E-state index contributed by atoms with van der Waals surface area (Å²) in [6.07, 6.45) is -0.230. The largest absolute Gasteiger partial charge is 0.493 e. The molecule has 6 heteroatoms. The molecule has 0 aliphatic rings. The van der Waals surface area contributed by atoms with Crippen molar-refractivity contribution in [2.45, 2.75) is 6.42 Å². The van der Waals surface area contributed by atoms with Crippen LogP contribution in [0.5, 0.6) is 17.2 Å². The van der Waals surface area contributed by atoms with E-state index in [9.17, 15) is 9.59 Å². The molecule has 0 aliphatic carbocycles. The molecule has 18 heavy (non-hydrogen) atoms. The first-order valence-corrected chi connectivity index (χ1v) is 5.08. The standard InChI is InChI=1S/C12H14O6/c1-16-9-5-7(4-8(13)12(14)15)6-10(17-2)11(9)18-3/h5-6H,4H2,1-3H3,(H,14,15). The first-order chi connectivity index (χ1) is 8.53. The minimum absolute atomic E-state index is 0.230. The monoisotopic (exact) mass is 254 g/mol. The first-order valence-electron chi connectivity index (χ1n) is 5.08. The van der Waals surface area contributed by atoms with Gasteiger partial charge in [0.15, 0.2) is 11.5 Å². The van der Waals surface area contributed by atoms with Crippen LogP contribution in [0.1, 0.15) is 5.56 Å².